The fourth-order valence-corrected chi connectivity index (χ4v) is 10.6. The van der Waals surface area contributed by atoms with Crippen LogP contribution < -0.4 is 10.6 Å². The number of piperidine rings is 2. The molecule has 2 aromatic carbocycles. The molecule has 61 heavy (non-hydrogen) atoms. The first kappa shape index (κ1) is 39.5. The van der Waals surface area contributed by atoms with E-state index in [4.69, 9.17) is 9.84 Å². The zero-order chi connectivity index (χ0) is 42.4. The normalized spacial score (nSPS) is 25.2. The van der Waals surface area contributed by atoms with Crippen LogP contribution in [0.2, 0.25) is 0 Å². The molecule has 0 radical (unpaired) electrons. The van der Waals surface area contributed by atoms with Crippen LogP contribution in [0.1, 0.15) is 122 Å². The summed E-state index contributed by atoms with van der Waals surface area (Å²) in [5.74, 6) is -1.32. The lowest BCUT2D eigenvalue weighted by Gasteiger charge is -2.53. The Bertz CT molecular complexity index is 2510. The summed E-state index contributed by atoms with van der Waals surface area (Å²) in [5.41, 5.74) is 1.94. The lowest BCUT2D eigenvalue weighted by molar-refractivity contribution is -0.141. The SMILES string of the molecule is CC1(C)OC(c2cccc(C(F)(F)F)n2)=Nc2cc3cn(C4CCC(CN5CCC6(CC5)CC(Nc5cccc7c5C(=O)N(C5CCC(=O)NC5=O)C7=O)C6)CC4)nc3cc21. The number of hydrogen-bond donors (Lipinski definition) is 2. The van der Waals surface area contributed by atoms with Gasteiger partial charge in [-0.05, 0) is 132 Å². The fraction of sp³-hybridized carbons (Fsp3) is 0.489. The second-order valence-electron chi connectivity index (χ2n) is 18.4. The monoisotopic (exact) mass is 836 g/mol. The Hall–Kier alpha value is -5.64. The van der Waals surface area contributed by atoms with Gasteiger partial charge in [-0.3, -0.25) is 34.1 Å². The average molecular weight is 837 g/mol. The molecule has 4 fully saturated rings. The van der Waals surface area contributed by atoms with Gasteiger partial charge in [0.25, 0.3) is 11.8 Å². The zero-order valence-electron chi connectivity index (χ0n) is 34.1. The maximum Gasteiger partial charge on any atom is 0.433 e. The van der Waals surface area contributed by atoms with Gasteiger partial charge in [-0.1, -0.05) is 12.1 Å². The number of aromatic nitrogens is 3. The zero-order valence-corrected chi connectivity index (χ0v) is 34.1. The molecule has 1 spiro atoms. The number of anilines is 1. The number of halogens is 3. The largest absolute Gasteiger partial charge is 0.465 e. The number of pyridine rings is 1. The number of aliphatic imine (C=N–C) groups is 1. The van der Waals surface area contributed by atoms with Gasteiger partial charge in [-0.15, -0.1) is 0 Å². The molecule has 10 rings (SSSR count). The van der Waals surface area contributed by atoms with E-state index in [1.165, 1.54) is 12.1 Å². The Kier molecular flexibility index (Phi) is 9.38. The molecule has 2 saturated heterocycles. The van der Waals surface area contributed by atoms with Crippen LogP contribution in [0, 0.1) is 11.3 Å². The Balaban J connectivity index is 0.720. The molecule has 13 nitrogen and oxygen atoms in total. The second kappa shape index (κ2) is 14.5. The number of rotatable bonds is 7. The van der Waals surface area contributed by atoms with Crippen molar-refractivity contribution in [2.24, 2.45) is 16.3 Å². The number of nitrogens with zero attached hydrogens (tertiary/aromatic N) is 6. The smallest absolute Gasteiger partial charge is 0.433 e. The maximum atomic E-state index is 13.6. The van der Waals surface area contributed by atoms with Crippen molar-refractivity contribution in [3.63, 3.8) is 0 Å². The molecule has 6 aliphatic rings. The van der Waals surface area contributed by atoms with Crippen LogP contribution in [0.5, 0.6) is 0 Å². The standard InChI is InChI=1S/C45H47F3N8O5/c1-43(2)30-20-33-26(19-34(30)51-40(61-43)32-7-4-8-36(50-32)45(46,47)48)24-55(53-33)28-11-9-25(10-12-28)23-54-17-15-44(16-18-54)21-27(22-44)49-31-6-3-5-29-38(31)42(60)56(41(29)59)35-13-14-37(57)52-39(35)58/h3-8,19-20,24-25,27-28,35,49H,9-18,21-23H2,1-2H3,(H,52,57,58). The van der Waals surface area contributed by atoms with E-state index in [1.807, 2.05) is 32.0 Å². The molecule has 4 amide bonds. The van der Waals surface area contributed by atoms with Crippen LogP contribution in [-0.2, 0) is 26.1 Å². The number of imide groups is 2. The van der Waals surface area contributed by atoms with Crippen molar-refractivity contribution in [3.8, 4) is 0 Å². The topological polar surface area (TPSA) is 151 Å². The molecular formula is C45H47F3N8O5. The molecule has 6 heterocycles. The number of amides is 4. The molecule has 2 N–H and O–H groups in total. The Labute approximate surface area is 350 Å². The number of carbonyl (C=O) groups excluding carboxylic acids is 4. The van der Waals surface area contributed by atoms with Gasteiger partial charge in [0.05, 0.1) is 28.4 Å². The fourth-order valence-electron chi connectivity index (χ4n) is 10.6. The number of benzene rings is 2. The number of nitrogens with one attached hydrogen (secondary N) is 2. The van der Waals surface area contributed by atoms with Crippen molar-refractivity contribution in [1.82, 2.24) is 29.9 Å². The van der Waals surface area contributed by atoms with Gasteiger partial charge in [0.1, 0.15) is 23.0 Å². The van der Waals surface area contributed by atoms with E-state index in [2.05, 4.69) is 36.4 Å². The van der Waals surface area contributed by atoms with Crippen molar-refractivity contribution in [1.29, 1.82) is 0 Å². The third-order valence-corrected chi connectivity index (χ3v) is 13.9. The Morgan fingerprint density at radius 3 is 2.43 bits per heavy atom. The maximum absolute atomic E-state index is 13.6. The molecule has 1 atom stereocenters. The number of alkyl halides is 3. The van der Waals surface area contributed by atoms with E-state index in [1.54, 1.807) is 12.1 Å². The van der Waals surface area contributed by atoms with Crippen LogP contribution in [0.15, 0.2) is 59.7 Å². The minimum absolute atomic E-state index is 0.0321. The van der Waals surface area contributed by atoms with Crippen molar-refractivity contribution in [2.75, 3.05) is 25.0 Å². The van der Waals surface area contributed by atoms with Crippen LogP contribution in [0.3, 0.4) is 0 Å². The minimum Gasteiger partial charge on any atom is -0.465 e. The number of likely N-dealkylation sites (tertiary alicyclic amines) is 1. The van der Waals surface area contributed by atoms with Gasteiger partial charge in [0, 0.05) is 41.8 Å². The molecule has 2 aromatic heterocycles. The van der Waals surface area contributed by atoms with Gasteiger partial charge in [-0.25, -0.2) is 9.98 Å². The highest BCUT2D eigenvalue weighted by Gasteiger charge is 2.49. The lowest BCUT2D eigenvalue weighted by Crippen LogP contribution is -2.54. The van der Waals surface area contributed by atoms with E-state index < -0.39 is 47.1 Å². The quantitative estimate of drug-likeness (QED) is 0.183. The van der Waals surface area contributed by atoms with Gasteiger partial charge in [0.2, 0.25) is 17.7 Å². The Morgan fingerprint density at radius 2 is 1.69 bits per heavy atom. The molecule has 2 saturated carbocycles. The van der Waals surface area contributed by atoms with Gasteiger partial charge in [0.15, 0.2) is 0 Å². The van der Waals surface area contributed by atoms with Crippen molar-refractivity contribution in [3.05, 3.63) is 82.8 Å². The highest BCUT2D eigenvalue weighted by molar-refractivity contribution is 6.25. The molecule has 318 valence electrons. The third-order valence-electron chi connectivity index (χ3n) is 13.9. The van der Waals surface area contributed by atoms with Crippen LogP contribution in [-0.4, -0.2) is 85.8 Å². The van der Waals surface area contributed by atoms with Crippen LogP contribution in [0.25, 0.3) is 10.9 Å². The van der Waals surface area contributed by atoms with Gasteiger partial charge in [-0.2, -0.15) is 18.3 Å². The summed E-state index contributed by atoms with van der Waals surface area (Å²) < 4.78 is 48.4. The summed E-state index contributed by atoms with van der Waals surface area (Å²) in [7, 11) is 0. The van der Waals surface area contributed by atoms with E-state index in [0.717, 1.165) is 98.4 Å². The number of carbonyl (C=O) groups is 4. The predicted molar refractivity (Wildman–Crippen MR) is 218 cm³/mol. The van der Waals surface area contributed by atoms with Crippen LogP contribution >= 0.6 is 0 Å². The molecule has 4 aliphatic heterocycles. The molecular weight excluding hydrogens is 790 g/mol. The van der Waals surface area contributed by atoms with Crippen molar-refractivity contribution >= 4 is 51.8 Å². The molecule has 4 aromatic rings. The summed E-state index contributed by atoms with van der Waals surface area (Å²) in [4.78, 5) is 63.1. The average Bonchev–Trinajstić information content (AvgIpc) is 3.75. The third kappa shape index (κ3) is 7.15. The van der Waals surface area contributed by atoms with Crippen molar-refractivity contribution in [2.45, 2.75) is 108 Å². The van der Waals surface area contributed by atoms with Crippen LogP contribution in [0.4, 0.5) is 24.5 Å². The highest BCUT2D eigenvalue weighted by atomic mass is 19.4. The highest BCUT2D eigenvalue weighted by Crippen LogP contribution is 2.51. The molecule has 2 aliphatic carbocycles. The van der Waals surface area contributed by atoms with Gasteiger partial charge < -0.3 is 15.0 Å². The summed E-state index contributed by atoms with van der Waals surface area (Å²) in [5, 5.41) is 11.7. The first-order chi connectivity index (χ1) is 29.1. The number of fused-ring (bicyclic) bond motifs is 3. The first-order valence-electron chi connectivity index (χ1n) is 21.3. The Morgan fingerprint density at radius 1 is 0.934 bits per heavy atom. The van der Waals surface area contributed by atoms with E-state index in [-0.39, 0.29) is 47.5 Å². The van der Waals surface area contributed by atoms with E-state index in [0.29, 0.717) is 22.9 Å². The van der Waals surface area contributed by atoms with Gasteiger partial charge >= 0.3 is 6.18 Å². The summed E-state index contributed by atoms with van der Waals surface area (Å²) in [6, 6.07) is 12.3. The molecule has 1 unspecified atom stereocenters. The lowest BCUT2D eigenvalue weighted by atomic mass is 9.60. The number of ether oxygens (including phenoxy) is 1. The van der Waals surface area contributed by atoms with Crippen molar-refractivity contribution < 1.29 is 37.1 Å². The molecule has 0 bridgehead atoms. The minimum atomic E-state index is -4.58. The number of hydrogen-bond acceptors (Lipinski definition) is 10. The van der Waals surface area contributed by atoms with E-state index in [9.17, 15) is 32.3 Å². The second-order valence-corrected chi connectivity index (χ2v) is 18.4. The van der Waals surface area contributed by atoms with E-state index >= 15 is 0 Å². The molecule has 16 heteroatoms. The first-order valence-corrected chi connectivity index (χ1v) is 21.3. The summed E-state index contributed by atoms with van der Waals surface area (Å²) >= 11 is 0. The summed E-state index contributed by atoms with van der Waals surface area (Å²) in [6.45, 7) is 6.95. The predicted octanol–water partition coefficient (Wildman–Crippen LogP) is 7.28. The summed E-state index contributed by atoms with van der Waals surface area (Å²) in [6.07, 6.45) is 6.25.